The summed E-state index contributed by atoms with van der Waals surface area (Å²) in [5.41, 5.74) is 0.680. The van der Waals surface area contributed by atoms with Crippen LogP contribution in [0.2, 0.25) is 0 Å². The van der Waals surface area contributed by atoms with Crippen LogP contribution >= 0.6 is 0 Å². The average molecular weight is 315 g/mol. The molecule has 5 nitrogen and oxygen atoms in total. The molecule has 1 saturated heterocycles. The highest BCUT2D eigenvalue weighted by Gasteiger charge is 2.33. The third-order valence-electron chi connectivity index (χ3n) is 3.69. The number of rotatable bonds is 3. The van der Waals surface area contributed by atoms with E-state index in [1.165, 1.54) is 23.5 Å². The molecule has 116 valence electrons. The number of hydrogen-bond donors (Lipinski definition) is 0. The Morgan fingerprint density at radius 1 is 1.33 bits per heavy atom. The van der Waals surface area contributed by atoms with Gasteiger partial charge in [0.25, 0.3) is 0 Å². The van der Waals surface area contributed by atoms with Gasteiger partial charge in [0.05, 0.1) is 13.0 Å². The summed E-state index contributed by atoms with van der Waals surface area (Å²) in [6.07, 6.45) is 0.776. The first-order valence-electron chi connectivity index (χ1n) is 6.70. The van der Waals surface area contributed by atoms with Crippen molar-refractivity contribution in [3.05, 3.63) is 29.6 Å². The predicted octanol–water partition coefficient (Wildman–Crippen LogP) is 1.71. The van der Waals surface area contributed by atoms with Gasteiger partial charge in [-0.15, -0.1) is 0 Å². The summed E-state index contributed by atoms with van der Waals surface area (Å²) < 4.78 is 44.6. The number of sulfonamides is 1. The molecule has 1 heterocycles. The van der Waals surface area contributed by atoms with Crippen molar-refractivity contribution in [2.24, 2.45) is 5.92 Å². The molecule has 0 aliphatic carbocycles. The van der Waals surface area contributed by atoms with Gasteiger partial charge in [-0.1, -0.05) is 6.07 Å². The summed E-state index contributed by atoms with van der Waals surface area (Å²) in [4.78, 5) is 11.1. The molecule has 1 aliphatic rings. The number of piperidine rings is 1. The largest absolute Gasteiger partial charge is 0.469 e. The van der Waals surface area contributed by atoms with Crippen LogP contribution in [0.4, 0.5) is 4.39 Å². The van der Waals surface area contributed by atoms with Crippen LogP contribution in [-0.2, 0) is 19.6 Å². The van der Waals surface area contributed by atoms with E-state index in [0.717, 1.165) is 6.07 Å². The zero-order valence-electron chi connectivity index (χ0n) is 12.0. The van der Waals surface area contributed by atoms with E-state index in [-0.39, 0.29) is 29.9 Å². The Labute approximate surface area is 123 Å². The number of nitrogens with zero attached hydrogens (tertiary/aromatic N) is 1. The highest BCUT2D eigenvalue weighted by atomic mass is 32.2. The molecule has 0 atom stereocenters. The minimum Gasteiger partial charge on any atom is -0.469 e. The van der Waals surface area contributed by atoms with Gasteiger partial charge in [0.2, 0.25) is 10.0 Å². The van der Waals surface area contributed by atoms with E-state index < -0.39 is 15.8 Å². The van der Waals surface area contributed by atoms with E-state index in [9.17, 15) is 17.6 Å². The van der Waals surface area contributed by atoms with Crippen molar-refractivity contribution in [1.29, 1.82) is 0 Å². The molecule has 2 rings (SSSR count). The predicted molar refractivity (Wildman–Crippen MR) is 74.6 cm³/mol. The minimum atomic E-state index is -3.86. The molecule has 0 amide bonds. The quantitative estimate of drug-likeness (QED) is 0.797. The first-order chi connectivity index (χ1) is 9.86. The molecular weight excluding hydrogens is 297 g/mol. The Morgan fingerprint density at radius 2 is 1.95 bits per heavy atom. The zero-order valence-corrected chi connectivity index (χ0v) is 12.8. The van der Waals surface area contributed by atoms with Crippen LogP contribution in [0.3, 0.4) is 0 Å². The SMILES string of the molecule is COC(=O)C1CCN(S(=O)(=O)c2cc(C)ccc2F)CC1. The molecule has 1 fully saturated rings. The third kappa shape index (κ3) is 3.24. The molecule has 0 spiro atoms. The van der Waals surface area contributed by atoms with Crippen LogP contribution in [0.1, 0.15) is 18.4 Å². The molecule has 0 N–H and O–H groups in total. The second-order valence-corrected chi connectivity index (χ2v) is 7.04. The first-order valence-corrected chi connectivity index (χ1v) is 8.14. The second kappa shape index (κ2) is 6.11. The van der Waals surface area contributed by atoms with E-state index in [2.05, 4.69) is 4.74 Å². The lowest BCUT2D eigenvalue weighted by atomic mass is 9.99. The molecule has 0 radical (unpaired) electrons. The number of halogens is 1. The molecule has 21 heavy (non-hydrogen) atoms. The molecular formula is C14H18FNO4S. The van der Waals surface area contributed by atoms with Crippen molar-refractivity contribution >= 4 is 16.0 Å². The van der Waals surface area contributed by atoms with Gasteiger partial charge in [0.15, 0.2) is 0 Å². The Kier molecular flexibility index (Phi) is 4.63. The Balaban J connectivity index is 2.19. The van der Waals surface area contributed by atoms with Crippen LogP contribution in [-0.4, -0.2) is 38.9 Å². The summed E-state index contributed by atoms with van der Waals surface area (Å²) in [5, 5.41) is 0. The third-order valence-corrected chi connectivity index (χ3v) is 5.61. The van der Waals surface area contributed by atoms with Gasteiger partial charge in [-0.25, -0.2) is 12.8 Å². The van der Waals surface area contributed by atoms with Crippen LogP contribution in [0, 0.1) is 18.7 Å². The Morgan fingerprint density at radius 3 is 2.52 bits per heavy atom. The van der Waals surface area contributed by atoms with Crippen molar-refractivity contribution in [3.63, 3.8) is 0 Å². The lowest BCUT2D eigenvalue weighted by molar-refractivity contribution is -0.146. The van der Waals surface area contributed by atoms with E-state index >= 15 is 0 Å². The fraction of sp³-hybridized carbons (Fsp3) is 0.500. The van der Waals surface area contributed by atoms with Gasteiger partial charge >= 0.3 is 5.97 Å². The molecule has 1 aromatic carbocycles. The normalized spacial score (nSPS) is 17.7. The lowest BCUT2D eigenvalue weighted by Gasteiger charge is -2.30. The van der Waals surface area contributed by atoms with Crippen molar-refractivity contribution < 1.29 is 22.3 Å². The molecule has 1 aromatic rings. The van der Waals surface area contributed by atoms with Gasteiger partial charge < -0.3 is 4.74 Å². The van der Waals surface area contributed by atoms with Gasteiger partial charge in [-0.3, -0.25) is 4.79 Å². The summed E-state index contributed by atoms with van der Waals surface area (Å²) in [5.74, 6) is -1.37. The zero-order chi connectivity index (χ0) is 15.6. The average Bonchev–Trinajstić information content (AvgIpc) is 2.49. The van der Waals surface area contributed by atoms with Gasteiger partial charge in [0, 0.05) is 13.1 Å². The van der Waals surface area contributed by atoms with Gasteiger partial charge in [0.1, 0.15) is 10.7 Å². The summed E-state index contributed by atoms with van der Waals surface area (Å²) >= 11 is 0. The fourth-order valence-electron chi connectivity index (χ4n) is 2.45. The number of hydrogen-bond acceptors (Lipinski definition) is 4. The maximum absolute atomic E-state index is 13.8. The van der Waals surface area contributed by atoms with Crippen molar-refractivity contribution in [3.8, 4) is 0 Å². The highest BCUT2D eigenvalue weighted by Crippen LogP contribution is 2.26. The maximum atomic E-state index is 13.8. The summed E-state index contributed by atoms with van der Waals surface area (Å²) in [6, 6.07) is 4.01. The van der Waals surface area contributed by atoms with Crippen LogP contribution in [0.5, 0.6) is 0 Å². The van der Waals surface area contributed by atoms with Gasteiger partial charge in [-0.05, 0) is 37.5 Å². The van der Waals surface area contributed by atoms with Crippen molar-refractivity contribution in [2.75, 3.05) is 20.2 Å². The van der Waals surface area contributed by atoms with Crippen LogP contribution in [0.15, 0.2) is 23.1 Å². The lowest BCUT2D eigenvalue weighted by Crippen LogP contribution is -2.40. The second-order valence-electron chi connectivity index (χ2n) is 5.14. The van der Waals surface area contributed by atoms with Gasteiger partial charge in [-0.2, -0.15) is 4.31 Å². The van der Waals surface area contributed by atoms with E-state index in [0.29, 0.717) is 18.4 Å². The molecule has 1 aliphatic heterocycles. The fourth-order valence-corrected chi connectivity index (χ4v) is 4.06. The Hall–Kier alpha value is -1.47. The van der Waals surface area contributed by atoms with Crippen molar-refractivity contribution in [1.82, 2.24) is 4.31 Å². The van der Waals surface area contributed by atoms with Crippen LogP contribution in [0.25, 0.3) is 0 Å². The monoisotopic (exact) mass is 315 g/mol. The van der Waals surface area contributed by atoms with E-state index in [4.69, 9.17) is 0 Å². The Bertz CT molecular complexity index is 636. The summed E-state index contributed by atoms with van der Waals surface area (Å²) in [7, 11) is -2.55. The number of benzene rings is 1. The smallest absolute Gasteiger partial charge is 0.308 e. The van der Waals surface area contributed by atoms with E-state index in [1.54, 1.807) is 6.92 Å². The molecule has 7 heteroatoms. The molecule has 0 saturated carbocycles. The highest BCUT2D eigenvalue weighted by molar-refractivity contribution is 7.89. The number of methoxy groups -OCH3 is 1. The summed E-state index contributed by atoms with van der Waals surface area (Å²) in [6.45, 7) is 2.09. The first kappa shape index (κ1) is 15.9. The molecule has 0 aromatic heterocycles. The number of aryl methyl sites for hydroxylation is 1. The van der Waals surface area contributed by atoms with Crippen LogP contribution < -0.4 is 0 Å². The number of carbonyl (C=O) groups excluding carboxylic acids is 1. The number of esters is 1. The van der Waals surface area contributed by atoms with E-state index in [1.807, 2.05) is 0 Å². The number of ether oxygens (including phenoxy) is 1. The maximum Gasteiger partial charge on any atom is 0.308 e. The standard InChI is InChI=1S/C14H18FNO4S/c1-10-3-4-12(15)13(9-10)21(18,19)16-7-5-11(6-8-16)14(17)20-2/h3-4,9,11H,5-8H2,1-2H3. The number of carbonyl (C=O) groups is 1. The van der Waals surface area contributed by atoms with Crippen molar-refractivity contribution in [2.45, 2.75) is 24.7 Å². The topological polar surface area (TPSA) is 63.7 Å². The minimum absolute atomic E-state index is 0.190. The molecule has 0 bridgehead atoms. The molecule has 0 unspecified atom stereocenters.